The summed E-state index contributed by atoms with van der Waals surface area (Å²) in [6.07, 6.45) is 2.24. The van der Waals surface area contributed by atoms with Crippen LogP contribution in [0.1, 0.15) is 35.6 Å². The molecular weight excluding hydrogens is 400 g/mol. The second-order valence-corrected chi connectivity index (χ2v) is 9.08. The second-order valence-electron chi connectivity index (χ2n) is 9.08. The van der Waals surface area contributed by atoms with Crippen molar-refractivity contribution in [3.8, 4) is 0 Å². The van der Waals surface area contributed by atoms with Crippen molar-refractivity contribution in [2.24, 2.45) is 0 Å². The van der Waals surface area contributed by atoms with E-state index in [9.17, 15) is 9.59 Å². The van der Waals surface area contributed by atoms with E-state index in [-0.39, 0.29) is 17.9 Å². The summed E-state index contributed by atoms with van der Waals surface area (Å²) in [5.74, 6) is 0.228. The number of carbonyl (C=O) groups excluding carboxylic acids is 2. The van der Waals surface area contributed by atoms with Gasteiger partial charge >= 0.3 is 0 Å². The summed E-state index contributed by atoms with van der Waals surface area (Å²) in [7, 11) is 0. The zero-order valence-corrected chi connectivity index (χ0v) is 19.2. The fourth-order valence-corrected chi connectivity index (χ4v) is 4.86. The number of rotatable bonds is 6. The van der Waals surface area contributed by atoms with E-state index in [4.69, 9.17) is 0 Å². The minimum atomic E-state index is -0.353. The molecule has 2 amide bonds. The van der Waals surface area contributed by atoms with Gasteiger partial charge in [-0.3, -0.25) is 19.4 Å². The molecule has 4 rings (SSSR count). The number of carbonyl (C=O) groups is 2. The smallest absolute Gasteiger partial charge is 0.246 e. The van der Waals surface area contributed by atoms with Crippen LogP contribution in [0.3, 0.4) is 0 Å². The van der Waals surface area contributed by atoms with E-state index in [1.807, 2.05) is 61.2 Å². The molecule has 2 saturated heterocycles. The summed E-state index contributed by atoms with van der Waals surface area (Å²) in [6.45, 7) is 9.46. The maximum atomic E-state index is 13.4. The van der Waals surface area contributed by atoms with Gasteiger partial charge in [0, 0.05) is 45.0 Å². The fraction of sp³-hybridized carbons (Fsp3) is 0.462. The molecule has 1 N–H and O–H groups in total. The second kappa shape index (κ2) is 10.3. The molecule has 6 nitrogen and oxygen atoms in total. The molecule has 2 heterocycles. The number of piperazine rings is 1. The highest BCUT2D eigenvalue weighted by atomic mass is 16.2. The van der Waals surface area contributed by atoms with Gasteiger partial charge in [-0.05, 0) is 55.5 Å². The molecule has 2 aromatic rings. The van der Waals surface area contributed by atoms with E-state index in [1.165, 1.54) is 0 Å². The van der Waals surface area contributed by atoms with Gasteiger partial charge in [0.2, 0.25) is 11.8 Å². The van der Waals surface area contributed by atoms with Crippen LogP contribution in [0.15, 0.2) is 48.5 Å². The predicted octanol–water partition coefficient (Wildman–Crippen LogP) is 3.22. The maximum absolute atomic E-state index is 13.4. The molecule has 0 aliphatic carbocycles. The van der Waals surface area contributed by atoms with Gasteiger partial charge in [0.1, 0.15) is 6.04 Å². The number of hydrogen-bond acceptors (Lipinski definition) is 4. The standard InChI is InChI=1S/C26H34N4O2/c1-20-16-21(2)18-23(17-20)27-26(32)25(22-8-4-3-5-9-22)30-14-12-28(13-15-30)19-24(31)29-10-6-7-11-29/h3-5,8-9,16-18,25H,6-7,10-15,19H2,1-2H3,(H,27,32)/t25-/m0/s1. The van der Waals surface area contributed by atoms with Crippen LogP contribution in [-0.2, 0) is 9.59 Å². The van der Waals surface area contributed by atoms with Crippen molar-refractivity contribution in [3.05, 3.63) is 65.2 Å². The summed E-state index contributed by atoms with van der Waals surface area (Å²) in [5.41, 5.74) is 4.10. The number of nitrogens with zero attached hydrogens (tertiary/aromatic N) is 3. The molecule has 0 bridgehead atoms. The van der Waals surface area contributed by atoms with Crippen LogP contribution >= 0.6 is 0 Å². The van der Waals surface area contributed by atoms with Gasteiger partial charge in [0.25, 0.3) is 0 Å². The van der Waals surface area contributed by atoms with Crippen LogP contribution in [0.2, 0.25) is 0 Å². The molecule has 32 heavy (non-hydrogen) atoms. The van der Waals surface area contributed by atoms with Crippen LogP contribution in [0.5, 0.6) is 0 Å². The van der Waals surface area contributed by atoms with E-state index in [0.29, 0.717) is 6.54 Å². The average Bonchev–Trinajstić information content (AvgIpc) is 3.30. The first kappa shape index (κ1) is 22.5. The predicted molar refractivity (Wildman–Crippen MR) is 128 cm³/mol. The first-order valence-electron chi connectivity index (χ1n) is 11.7. The first-order valence-corrected chi connectivity index (χ1v) is 11.7. The van der Waals surface area contributed by atoms with E-state index in [0.717, 1.165) is 74.5 Å². The van der Waals surface area contributed by atoms with E-state index >= 15 is 0 Å². The molecule has 0 unspecified atom stereocenters. The minimum absolute atomic E-state index is 0.0113. The van der Waals surface area contributed by atoms with Crippen LogP contribution in [-0.4, -0.2) is 72.3 Å². The lowest BCUT2D eigenvalue weighted by molar-refractivity contribution is -0.132. The number of amides is 2. The molecule has 0 aromatic heterocycles. The van der Waals surface area contributed by atoms with E-state index < -0.39 is 0 Å². The van der Waals surface area contributed by atoms with Gasteiger partial charge in [-0.15, -0.1) is 0 Å². The highest BCUT2D eigenvalue weighted by Crippen LogP contribution is 2.25. The van der Waals surface area contributed by atoms with Gasteiger partial charge < -0.3 is 10.2 Å². The molecule has 1 atom stereocenters. The van der Waals surface area contributed by atoms with Crippen LogP contribution in [0, 0.1) is 13.8 Å². The van der Waals surface area contributed by atoms with Crippen molar-refractivity contribution in [1.29, 1.82) is 0 Å². The Hall–Kier alpha value is -2.70. The number of benzene rings is 2. The normalized spacial score (nSPS) is 18.5. The largest absolute Gasteiger partial charge is 0.342 e. The Kier molecular flexibility index (Phi) is 7.22. The third-order valence-electron chi connectivity index (χ3n) is 6.44. The van der Waals surface area contributed by atoms with Crippen LogP contribution < -0.4 is 5.32 Å². The molecule has 2 fully saturated rings. The monoisotopic (exact) mass is 434 g/mol. The first-order chi connectivity index (χ1) is 15.5. The summed E-state index contributed by atoms with van der Waals surface area (Å²) in [6, 6.07) is 15.8. The lowest BCUT2D eigenvalue weighted by atomic mass is 10.0. The van der Waals surface area contributed by atoms with Crippen molar-refractivity contribution in [2.75, 3.05) is 51.1 Å². The lowest BCUT2D eigenvalue weighted by Crippen LogP contribution is -2.52. The lowest BCUT2D eigenvalue weighted by Gasteiger charge is -2.39. The average molecular weight is 435 g/mol. The van der Waals surface area contributed by atoms with Crippen molar-refractivity contribution in [1.82, 2.24) is 14.7 Å². The molecular formula is C26H34N4O2. The number of aryl methyl sites for hydroxylation is 2. The Morgan fingerprint density at radius 1 is 0.875 bits per heavy atom. The fourth-order valence-electron chi connectivity index (χ4n) is 4.86. The Morgan fingerprint density at radius 2 is 1.50 bits per heavy atom. The molecule has 0 spiro atoms. The van der Waals surface area contributed by atoms with Crippen LogP contribution in [0.25, 0.3) is 0 Å². The molecule has 0 radical (unpaired) electrons. The van der Waals surface area contributed by atoms with Gasteiger partial charge in [0.05, 0.1) is 6.54 Å². The topological polar surface area (TPSA) is 55.9 Å². The van der Waals surface area contributed by atoms with Gasteiger partial charge in [0.15, 0.2) is 0 Å². The van der Waals surface area contributed by atoms with Crippen molar-refractivity contribution >= 4 is 17.5 Å². The Bertz CT molecular complexity index is 912. The Morgan fingerprint density at radius 3 is 2.12 bits per heavy atom. The van der Waals surface area contributed by atoms with E-state index in [1.54, 1.807) is 0 Å². The van der Waals surface area contributed by atoms with Gasteiger partial charge in [-0.2, -0.15) is 0 Å². The zero-order valence-electron chi connectivity index (χ0n) is 19.2. The molecule has 2 aromatic carbocycles. The quantitative estimate of drug-likeness (QED) is 0.759. The van der Waals surface area contributed by atoms with Crippen LogP contribution in [0.4, 0.5) is 5.69 Å². The minimum Gasteiger partial charge on any atom is -0.342 e. The number of hydrogen-bond donors (Lipinski definition) is 1. The highest BCUT2D eigenvalue weighted by Gasteiger charge is 2.31. The molecule has 2 aliphatic heterocycles. The van der Waals surface area contributed by atoms with Crippen molar-refractivity contribution in [2.45, 2.75) is 32.7 Å². The summed E-state index contributed by atoms with van der Waals surface area (Å²) >= 11 is 0. The highest BCUT2D eigenvalue weighted by molar-refractivity contribution is 5.95. The molecule has 170 valence electrons. The summed E-state index contributed by atoms with van der Waals surface area (Å²) in [4.78, 5) is 32.4. The number of nitrogens with one attached hydrogen (secondary N) is 1. The maximum Gasteiger partial charge on any atom is 0.246 e. The Balaban J connectivity index is 1.43. The summed E-state index contributed by atoms with van der Waals surface area (Å²) < 4.78 is 0. The number of likely N-dealkylation sites (tertiary alicyclic amines) is 1. The number of anilines is 1. The summed E-state index contributed by atoms with van der Waals surface area (Å²) in [5, 5.41) is 3.14. The van der Waals surface area contributed by atoms with Crippen molar-refractivity contribution < 1.29 is 9.59 Å². The molecule has 6 heteroatoms. The third kappa shape index (κ3) is 5.56. The SMILES string of the molecule is Cc1cc(C)cc(NC(=O)[C@H](c2ccccc2)N2CCN(CC(=O)N3CCCC3)CC2)c1. The Labute approximate surface area is 191 Å². The third-order valence-corrected chi connectivity index (χ3v) is 6.44. The van der Waals surface area contributed by atoms with Gasteiger partial charge in [-0.25, -0.2) is 0 Å². The van der Waals surface area contributed by atoms with Gasteiger partial charge in [-0.1, -0.05) is 36.4 Å². The van der Waals surface area contributed by atoms with E-state index in [2.05, 4.69) is 21.2 Å². The zero-order chi connectivity index (χ0) is 22.5. The van der Waals surface area contributed by atoms with Crippen molar-refractivity contribution in [3.63, 3.8) is 0 Å². The molecule has 2 aliphatic rings. The molecule has 0 saturated carbocycles.